The molecule has 2 amide bonds. The van der Waals surface area contributed by atoms with Gasteiger partial charge < -0.3 is 9.64 Å². The lowest BCUT2D eigenvalue weighted by Gasteiger charge is -2.38. The number of hydrogen-bond donors (Lipinski definition) is 0. The van der Waals surface area contributed by atoms with Gasteiger partial charge in [-0.05, 0) is 36.2 Å². The molecule has 1 atom stereocenters. The second kappa shape index (κ2) is 8.25. The first-order valence-electron chi connectivity index (χ1n) is 10.2. The standard InChI is InChI=1S/C23H27N3O3/c1-3-17-8-10-18(11-9-17)26-22(27)16-20(23(26)28)25-14-12-24(13-15-25)19-6-4-5-7-21(19)29-2/h4-11,20H,3,12-16H2,1-2H3/t20-/m1/s1. The average Bonchev–Trinajstić information content (AvgIpc) is 3.07. The number of amides is 2. The number of rotatable bonds is 5. The van der Waals surface area contributed by atoms with Crippen molar-refractivity contribution in [3.8, 4) is 5.75 Å². The van der Waals surface area contributed by atoms with Crippen LogP contribution in [0.15, 0.2) is 48.5 Å². The molecular formula is C23H27N3O3. The van der Waals surface area contributed by atoms with Crippen molar-refractivity contribution in [3.63, 3.8) is 0 Å². The van der Waals surface area contributed by atoms with E-state index in [9.17, 15) is 9.59 Å². The molecule has 29 heavy (non-hydrogen) atoms. The van der Waals surface area contributed by atoms with Gasteiger partial charge in [-0.1, -0.05) is 31.2 Å². The Morgan fingerprint density at radius 1 is 0.966 bits per heavy atom. The summed E-state index contributed by atoms with van der Waals surface area (Å²) < 4.78 is 5.48. The molecule has 2 fully saturated rings. The Morgan fingerprint density at radius 3 is 2.31 bits per heavy atom. The van der Waals surface area contributed by atoms with Crippen LogP contribution in [0, 0.1) is 0 Å². The van der Waals surface area contributed by atoms with Crippen LogP contribution < -0.4 is 14.5 Å². The van der Waals surface area contributed by atoms with E-state index >= 15 is 0 Å². The van der Waals surface area contributed by atoms with Gasteiger partial charge in [0.15, 0.2) is 0 Å². The van der Waals surface area contributed by atoms with Crippen molar-refractivity contribution in [2.75, 3.05) is 43.1 Å². The van der Waals surface area contributed by atoms with Crippen LogP contribution in [-0.2, 0) is 16.0 Å². The van der Waals surface area contributed by atoms with Gasteiger partial charge in [0.25, 0.3) is 5.91 Å². The Bertz CT molecular complexity index is 888. The molecule has 0 aromatic heterocycles. The van der Waals surface area contributed by atoms with Gasteiger partial charge in [-0.15, -0.1) is 0 Å². The van der Waals surface area contributed by atoms with Gasteiger partial charge >= 0.3 is 0 Å². The van der Waals surface area contributed by atoms with E-state index < -0.39 is 0 Å². The topological polar surface area (TPSA) is 53.1 Å². The molecule has 0 aliphatic carbocycles. The number of piperazine rings is 1. The van der Waals surface area contributed by atoms with E-state index in [2.05, 4.69) is 22.8 Å². The molecule has 6 heteroatoms. The van der Waals surface area contributed by atoms with Crippen molar-refractivity contribution in [3.05, 3.63) is 54.1 Å². The predicted molar refractivity (Wildman–Crippen MR) is 113 cm³/mol. The Hall–Kier alpha value is -2.86. The lowest BCUT2D eigenvalue weighted by atomic mass is 10.1. The highest BCUT2D eigenvalue weighted by atomic mass is 16.5. The maximum absolute atomic E-state index is 13.1. The molecule has 0 spiro atoms. The Balaban J connectivity index is 1.43. The second-order valence-electron chi connectivity index (χ2n) is 7.50. The fourth-order valence-electron chi connectivity index (χ4n) is 4.22. The number of carbonyl (C=O) groups excluding carboxylic acids is 2. The van der Waals surface area contributed by atoms with E-state index in [0.717, 1.165) is 44.0 Å². The SMILES string of the molecule is CCc1ccc(N2C(=O)C[C@@H](N3CCN(c4ccccc4OC)CC3)C2=O)cc1. The largest absolute Gasteiger partial charge is 0.495 e. The number of anilines is 2. The minimum absolute atomic E-state index is 0.106. The number of para-hydroxylation sites is 2. The molecule has 0 unspecified atom stereocenters. The number of aryl methyl sites for hydroxylation is 1. The zero-order chi connectivity index (χ0) is 20.4. The Kier molecular flexibility index (Phi) is 5.53. The van der Waals surface area contributed by atoms with E-state index in [4.69, 9.17) is 4.74 Å². The van der Waals surface area contributed by atoms with Crippen molar-refractivity contribution in [1.82, 2.24) is 4.90 Å². The van der Waals surface area contributed by atoms with Crippen LogP contribution in [0.4, 0.5) is 11.4 Å². The summed E-state index contributed by atoms with van der Waals surface area (Å²) in [5.41, 5.74) is 2.94. The molecule has 2 aromatic rings. The van der Waals surface area contributed by atoms with Crippen molar-refractivity contribution in [2.45, 2.75) is 25.8 Å². The summed E-state index contributed by atoms with van der Waals surface area (Å²) in [6.07, 6.45) is 1.18. The molecule has 0 saturated carbocycles. The first kappa shape index (κ1) is 19.5. The number of hydrogen-bond acceptors (Lipinski definition) is 5. The molecule has 0 bridgehead atoms. The van der Waals surface area contributed by atoms with Gasteiger partial charge in [-0.25, -0.2) is 4.90 Å². The van der Waals surface area contributed by atoms with Crippen molar-refractivity contribution < 1.29 is 14.3 Å². The second-order valence-corrected chi connectivity index (χ2v) is 7.50. The van der Waals surface area contributed by atoms with Gasteiger partial charge in [0, 0.05) is 26.2 Å². The molecule has 4 rings (SSSR count). The third-order valence-corrected chi connectivity index (χ3v) is 5.91. The van der Waals surface area contributed by atoms with Gasteiger partial charge in [-0.3, -0.25) is 14.5 Å². The summed E-state index contributed by atoms with van der Waals surface area (Å²) in [5.74, 6) is 0.635. The first-order chi connectivity index (χ1) is 14.1. The van der Waals surface area contributed by atoms with Gasteiger partial charge in [0.1, 0.15) is 5.75 Å². The van der Waals surface area contributed by atoms with Gasteiger partial charge in [0.2, 0.25) is 5.91 Å². The first-order valence-corrected chi connectivity index (χ1v) is 10.2. The van der Waals surface area contributed by atoms with Crippen molar-refractivity contribution in [2.24, 2.45) is 0 Å². The zero-order valence-electron chi connectivity index (χ0n) is 17.0. The highest BCUT2D eigenvalue weighted by Gasteiger charge is 2.43. The Morgan fingerprint density at radius 2 is 1.66 bits per heavy atom. The van der Waals surface area contributed by atoms with E-state index in [0.29, 0.717) is 5.69 Å². The summed E-state index contributed by atoms with van der Waals surface area (Å²) in [7, 11) is 1.68. The minimum atomic E-state index is -0.367. The summed E-state index contributed by atoms with van der Waals surface area (Å²) in [6.45, 7) is 5.16. The number of benzene rings is 2. The van der Waals surface area contributed by atoms with Crippen LogP contribution in [0.2, 0.25) is 0 Å². The molecule has 0 N–H and O–H groups in total. The third-order valence-electron chi connectivity index (χ3n) is 5.91. The lowest BCUT2D eigenvalue weighted by molar-refractivity contribution is -0.123. The van der Waals surface area contributed by atoms with E-state index in [1.807, 2.05) is 42.5 Å². The molecule has 152 valence electrons. The zero-order valence-corrected chi connectivity index (χ0v) is 17.0. The van der Waals surface area contributed by atoms with E-state index in [1.165, 1.54) is 10.5 Å². The summed E-state index contributed by atoms with van der Waals surface area (Å²) in [5, 5.41) is 0. The highest BCUT2D eigenvalue weighted by molar-refractivity contribution is 6.22. The molecule has 2 heterocycles. The number of ether oxygens (including phenoxy) is 1. The summed E-state index contributed by atoms with van der Waals surface area (Å²) in [6, 6.07) is 15.3. The molecule has 2 aliphatic heterocycles. The molecule has 2 aliphatic rings. The summed E-state index contributed by atoms with van der Waals surface area (Å²) in [4.78, 5) is 31.4. The third kappa shape index (κ3) is 3.72. The van der Waals surface area contributed by atoms with Gasteiger partial charge in [-0.2, -0.15) is 0 Å². The minimum Gasteiger partial charge on any atom is -0.495 e. The lowest BCUT2D eigenvalue weighted by Crippen LogP contribution is -2.52. The molecule has 6 nitrogen and oxygen atoms in total. The molecule has 2 aromatic carbocycles. The monoisotopic (exact) mass is 393 g/mol. The number of methoxy groups -OCH3 is 1. The molecular weight excluding hydrogens is 366 g/mol. The fraction of sp³-hybridized carbons (Fsp3) is 0.391. The smallest absolute Gasteiger partial charge is 0.251 e. The molecule has 0 radical (unpaired) electrons. The van der Waals surface area contributed by atoms with Crippen LogP contribution in [0.1, 0.15) is 18.9 Å². The fourth-order valence-corrected chi connectivity index (χ4v) is 4.22. The summed E-state index contributed by atoms with van der Waals surface area (Å²) >= 11 is 0. The van der Waals surface area contributed by atoms with Crippen LogP contribution in [0.25, 0.3) is 0 Å². The predicted octanol–water partition coefficient (Wildman–Crippen LogP) is 2.71. The van der Waals surface area contributed by atoms with E-state index in [1.54, 1.807) is 7.11 Å². The maximum atomic E-state index is 13.1. The quantitative estimate of drug-likeness (QED) is 0.731. The Labute approximate surface area is 171 Å². The van der Waals surface area contributed by atoms with Crippen molar-refractivity contribution in [1.29, 1.82) is 0 Å². The number of imide groups is 1. The number of nitrogens with zero attached hydrogens (tertiary/aromatic N) is 3. The maximum Gasteiger partial charge on any atom is 0.251 e. The van der Waals surface area contributed by atoms with Crippen LogP contribution >= 0.6 is 0 Å². The van der Waals surface area contributed by atoms with Crippen molar-refractivity contribution >= 4 is 23.2 Å². The molecule has 2 saturated heterocycles. The normalized spacial score (nSPS) is 20.4. The highest BCUT2D eigenvalue weighted by Crippen LogP contribution is 2.30. The van der Waals surface area contributed by atoms with Crippen LogP contribution in [0.3, 0.4) is 0 Å². The van der Waals surface area contributed by atoms with Crippen LogP contribution in [0.5, 0.6) is 5.75 Å². The number of carbonyl (C=O) groups is 2. The van der Waals surface area contributed by atoms with E-state index in [-0.39, 0.29) is 24.3 Å². The average molecular weight is 393 g/mol. The van der Waals surface area contributed by atoms with Crippen LogP contribution in [-0.4, -0.2) is 56.0 Å². The van der Waals surface area contributed by atoms with Gasteiger partial charge in [0.05, 0.1) is 30.9 Å².